The number of nitroso groups, excluding NO2 is 1. The third kappa shape index (κ3) is 1.53. The van der Waals surface area contributed by atoms with Crippen LogP contribution >= 0.6 is 11.6 Å². The summed E-state index contributed by atoms with van der Waals surface area (Å²) in [4.78, 5) is 24.2. The van der Waals surface area contributed by atoms with E-state index in [1.165, 1.54) is 10.1 Å². The lowest BCUT2D eigenvalue weighted by molar-refractivity contribution is -0.731. The van der Waals surface area contributed by atoms with Crippen LogP contribution in [0.3, 0.4) is 0 Å². The van der Waals surface area contributed by atoms with E-state index in [0.29, 0.717) is 15.5 Å². The van der Waals surface area contributed by atoms with E-state index in [1.54, 1.807) is 38.4 Å². The lowest BCUT2D eigenvalue weighted by atomic mass is 10.1. The number of benzene rings is 1. The van der Waals surface area contributed by atoms with Gasteiger partial charge < -0.3 is 0 Å². The first-order valence-electron chi connectivity index (χ1n) is 4.75. The van der Waals surface area contributed by atoms with Crippen LogP contribution in [0.4, 0.5) is 0 Å². The van der Waals surface area contributed by atoms with E-state index in [0.717, 1.165) is 0 Å². The van der Waals surface area contributed by atoms with Crippen molar-refractivity contribution in [3.05, 3.63) is 39.8 Å². The van der Waals surface area contributed by atoms with E-state index >= 15 is 0 Å². The van der Waals surface area contributed by atoms with Crippen LogP contribution in [0.25, 0.3) is 0 Å². The van der Waals surface area contributed by atoms with Crippen LogP contribution in [-0.4, -0.2) is 35.0 Å². The summed E-state index contributed by atoms with van der Waals surface area (Å²) in [6.07, 6.45) is 0. The predicted molar refractivity (Wildman–Crippen MR) is 58.4 cm³/mol. The molecule has 0 aromatic heterocycles. The van der Waals surface area contributed by atoms with Gasteiger partial charge in [0.05, 0.1) is 12.0 Å². The smallest absolute Gasteiger partial charge is 0.264 e. The molecule has 0 radical (unpaired) electrons. The Morgan fingerprint density at radius 2 is 1.81 bits per heavy atom. The minimum atomic E-state index is -0.813. The van der Waals surface area contributed by atoms with Gasteiger partial charge in [-0.15, -0.1) is 0 Å². The minimum absolute atomic E-state index is 0.250. The predicted octanol–water partition coefficient (Wildman–Crippen LogP) is 1.39. The Balaban J connectivity index is 2.38. The topological polar surface area (TPSA) is 43.6 Å². The molecule has 0 saturated carbocycles. The Kier molecular flexibility index (Phi) is 2.55. The molecule has 1 aromatic carbocycles. The van der Waals surface area contributed by atoms with Crippen molar-refractivity contribution in [2.24, 2.45) is 0 Å². The summed E-state index contributed by atoms with van der Waals surface area (Å²) in [6, 6.07) is 5.88. The normalized spacial score (nSPS) is 20.8. The van der Waals surface area contributed by atoms with Crippen molar-refractivity contribution >= 4 is 17.5 Å². The summed E-state index contributed by atoms with van der Waals surface area (Å²) in [5.41, 5.74) is 0.639. The fourth-order valence-electron chi connectivity index (χ4n) is 1.63. The van der Waals surface area contributed by atoms with Crippen molar-refractivity contribution in [1.29, 1.82) is 0 Å². The van der Waals surface area contributed by atoms with Crippen LogP contribution in [0, 0.1) is 4.91 Å². The van der Waals surface area contributed by atoms with Gasteiger partial charge in [0.2, 0.25) is 0 Å². The summed E-state index contributed by atoms with van der Waals surface area (Å²) in [5, 5.41) is 3.10. The Hall–Kier alpha value is -1.62. The van der Waals surface area contributed by atoms with Gasteiger partial charge in [-0.25, -0.2) is 0 Å². The van der Waals surface area contributed by atoms with E-state index in [4.69, 9.17) is 11.6 Å². The molecule has 0 spiro atoms. The summed E-state index contributed by atoms with van der Waals surface area (Å²) < 4.78 is 0. The second kappa shape index (κ2) is 3.75. The first-order chi connectivity index (χ1) is 7.52. The van der Waals surface area contributed by atoms with Crippen LogP contribution in [0.5, 0.6) is 0 Å². The molecular weight excluding hydrogens is 230 g/mol. The standard InChI is InChI=1S/C10H11ClN3O2/c1-12-10(15)9(14(16)13(12)2)7-3-5-8(11)6-4-7/h3-6,9H,1-2H3/q+1. The Bertz CT molecular complexity index is 426. The molecule has 6 heteroatoms. The molecule has 1 atom stereocenters. The zero-order valence-electron chi connectivity index (χ0n) is 8.92. The summed E-state index contributed by atoms with van der Waals surface area (Å²) in [7, 11) is 3.10. The highest BCUT2D eigenvalue weighted by molar-refractivity contribution is 6.30. The van der Waals surface area contributed by atoms with Gasteiger partial charge in [0.1, 0.15) is 0 Å². The van der Waals surface area contributed by atoms with Gasteiger partial charge in [-0.3, -0.25) is 4.79 Å². The van der Waals surface area contributed by atoms with Gasteiger partial charge in [-0.1, -0.05) is 23.7 Å². The molecule has 2 rings (SSSR count). The van der Waals surface area contributed by atoms with Crippen molar-refractivity contribution in [1.82, 2.24) is 10.1 Å². The fourth-order valence-corrected chi connectivity index (χ4v) is 1.75. The zero-order chi connectivity index (χ0) is 11.9. The van der Waals surface area contributed by atoms with Gasteiger partial charge in [-0.05, 0) is 17.3 Å². The summed E-state index contributed by atoms with van der Waals surface area (Å²) >= 11 is 5.75. The highest BCUT2D eigenvalue weighted by Gasteiger charge is 2.51. The molecule has 1 heterocycles. The second-order valence-corrected chi connectivity index (χ2v) is 4.04. The maximum absolute atomic E-state index is 11.8. The van der Waals surface area contributed by atoms with Crippen molar-refractivity contribution in [2.75, 3.05) is 14.1 Å². The molecule has 1 aliphatic heterocycles. The largest absolute Gasteiger partial charge is 0.340 e. The number of likely N-dealkylation sites (N-methyl/N-ethyl adjacent to an activating group) is 1. The highest BCUT2D eigenvalue weighted by Crippen LogP contribution is 2.27. The lowest BCUT2D eigenvalue weighted by Gasteiger charge is -2.07. The summed E-state index contributed by atoms with van der Waals surface area (Å²) in [5.74, 6) is -0.250. The number of halogens is 1. The Morgan fingerprint density at radius 1 is 1.25 bits per heavy atom. The molecule has 1 fully saturated rings. The first kappa shape index (κ1) is 10.9. The SMILES string of the molecule is CN1C(=O)C(c2ccc(Cl)cc2)[N+](=O)N1C. The number of nitrogens with zero attached hydrogens (tertiary/aromatic N) is 3. The Morgan fingerprint density at radius 3 is 2.25 bits per heavy atom. The van der Waals surface area contributed by atoms with E-state index in [9.17, 15) is 9.70 Å². The molecule has 1 unspecified atom stereocenters. The number of hydrogen-bond donors (Lipinski definition) is 0. The molecule has 1 saturated heterocycles. The van der Waals surface area contributed by atoms with E-state index in [-0.39, 0.29) is 5.91 Å². The number of rotatable bonds is 1. The van der Waals surface area contributed by atoms with Crippen molar-refractivity contribution in [3.63, 3.8) is 0 Å². The Labute approximate surface area is 97.7 Å². The maximum Gasteiger partial charge on any atom is 0.340 e. The molecular formula is C10H11ClN3O2+. The van der Waals surface area contributed by atoms with Crippen LogP contribution in [0.15, 0.2) is 24.3 Å². The number of carbonyl (C=O) groups excluding carboxylic acids is 1. The molecule has 0 N–H and O–H groups in total. The third-order valence-electron chi connectivity index (χ3n) is 2.68. The second-order valence-electron chi connectivity index (χ2n) is 3.61. The minimum Gasteiger partial charge on any atom is -0.264 e. The monoisotopic (exact) mass is 240 g/mol. The van der Waals surface area contributed by atoms with Crippen LogP contribution in [0.1, 0.15) is 11.6 Å². The molecule has 5 nitrogen and oxygen atoms in total. The molecule has 1 aromatic rings. The summed E-state index contributed by atoms with van der Waals surface area (Å²) in [6.45, 7) is 0. The van der Waals surface area contributed by atoms with Gasteiger partial charge in [-0.2, -0.15) is 5.01 Å². The quantitative estimate of drug-likeness (QED) is 0.697. The maximum atomic E-state index is 11.8. The number of hydrogen-bond acceptors (Lipinski definition) is 2. The van der Waals surface area contributed by atoms with Gasteiger partial charge in [0, 0.05) is 17.6 Å². The van der Waals surface area contributed by atoms with E-state index in [2.05, 4.69) is 0 Å². The van der Waals surface area contributed by atoms with Crippen molar-refractivity contribution in [2.45, 2.75) is 6.04 Å². The number of amides is 1. The van der Waals surface area contributed by atoms with Crippen LogP contribution in [0.2, 0.25) is 5.02 Å². The van der Waals surface area contributed by atoms with Crippen LogP contribution < -0.4 is 0 Å². The molecule has 84 valence electrons. The average molecular weight is 241 g/mol. The number of carbonyl (C=O) groups is 1. The van der Waals surface area contributed by atoms with E-state index < -0.39 is 6.04 Å². The van der Waals surface area contributed by atoms with Gasteiger partial charge in [0.15, 0.2) is 4.87 Å². The average Bonchev–Trinajstić information content (AvgIpc) is 2.46. The number of hydrazine groups is 2. The molecule has 1 amide bonds. The van der Waals surface area contributed by atoms with E-state index in [1.807, 2.05) is 0 Å². The lowest BCUT2D eigenvalue weighted by Crippen LogP contribution is -2.34. The first-order valence-corrected chi connectivity index (χ1v) is 5.13. The molecule has 1 aliphatic rings. The molecule has 0 bridgehead atoms. The van der Waals surface area contributed by atoms with Gasteiger partial charge in [0.25, 0.3) is 0 Å². The molecule has 16 heavy (non-hydrogen) atoms. The van der Waals surface area contributed by atoms with Crippen molar-refractivity contribution in [3.8, 4) is 0 Å². The third-order valence-corrected chi connectivity index (χ3v) is 2.93. The van der Waals surface area contributed by atoms with Crippen molar-refractivity contribution < 1.29 is 9.66 Å². The fraction of sp³-hybridized carbons (Fsp3) is 0.300. The highest BCUT2D eigenvalue weighted by atomic mass is 35.5. The zero-order valence-corrected chi connectivity index (χ0v) is 9.68. The van der Waals surface area contributed by atoms with Crippen LogP contribution in [-0.2, 0) is 4.79 Å². The molecule has 0 aliphatic carbocycles. The van der Waals surface area contributed by atoms with Gasteiger partial charge >= 0.3 is 11.9 Å².